The first-order valence-electron chi connectivity index (χ1n) is 17.1. The molecule has 252 valence electrons. The van der Waals surface area contributed by atoms with Gasteiger partial charge in [-0.25, -0.2) is 0 Å². The van der Waals surface area contributed by atoms with Gasteiger partial charge in [0, 0.05) is 54.2 Å². The van der Waals surface area contributed by atoms with Crippen LogP contribution < -0.4 is 15.0 Å². The Morgan fingerprint density at radius 1 is 1.04 bits per heavy atom. The summed E-state index contributed by atoms with van der Waals surface area (Å²) in [6.07, 6.45) is 5.53. The number of ether oxygens (including phenoxy) is 3. The maximum Gasteiger partial charge on any atom is 0.251 e. The molecule has 0 bridgehead atoms. The van der Waals surface area contributed by atoms with Crippen LogP contribution in [0.5, 0.6) is 5.75 Å². The third-order valence-electron chi connectivity index (χ3n) is 9.07. The van der Waals surface area contributed by atoms with Crippen LogP contribution in [0.15, 0.2) is 89.8 Å². The van der Waals surface area contributed by atoms with Crippen LogP contribution in [-0.2, 0) is 27.4 Å². The van der Waals surface area contributed by atoms with Crippen molar-refractivity contribution in [1.29, 1.82) is 0 Å². The van der Waals surface area contributed by atoms with Gasteiger partial charge < -0.3 is 24.4 Å². The van der Waals surface area contributed by atoms with E-state index in [1.54, 1.807) is 11.3 Å². The lowest BCUT2D eigenvalue weighted by molar-refractivity contribution is -0.112. The van der Waals surface area contributed by atoms with Gasteiger partial charge in [0.25, 0.3) is 5.91 Å². The minimum absolute atomic E-state index is 0.0580. The van der Waals surface area contributed by atoms with E-state index in [2.05, 4.69) is 95.1 Å². The molecule has 1 N–H and O–H groups in total. The summed E-state index contributed by atoms with van der Waals surface area (Å²) in [7, 11) is 2.18. The summed E-state index contributed by atoms with van der Waals surface area (Å²) in [5.74, 6) is 0.717. The molecule has 4 aromatic rings. The second-order valence-corrected chi connectivity index (χ2v) is 13.7. The molecule has 3 aromatic carbocycles. The van der Waals surface area contributed by atoms with Crippen molar-refractivity contribution in [1.82, 2.24) is 4.90 Å². The van der Waals surface area contributed by atoms with Crippen LogP contribution in [0, 0.1) is 0 Å². The van der Waals surface area contributed by atoms with Crippen molar-refractivity contribution < 1.29 is 19.0 Å². The summed E-state index contributed by atoms with van der Waals surface area (Å²) in [5.41, 5.74) is 7.17. The van der Waals surface area contributed by atoms with Gasteiger partial charge in [0.15, 0.2) is 6.29 Å². The van der Waals surface area contributed by atoms with Gasteiger partial charge in [0.2, 0.25) is 0 Å². The summed E-state index contributed by atoms with van der Waals surface area (Å²) in [5, 5.41) is 5.29. The molecule has 0 spiro atoms. The molecule has 7 nitrogen and oxygen atoms in total. The largest absolute Gasteiger partial charge is 0.465 e. The number of carbonyl (C=O) groups excluding carboxylic acids is 1. The lowest BCUT2D eigenvalue weighted by Crippen LogP contribution is -2.36. The molecule has 0 saturated carbocycles. The molecule has 3 heterocycles. The number of benzene rings is 3. The highest BCUT2D eigenvalue weighted by Crippen LogP contribution is 2.34. The number of amides is 1. The van der Waals surface area contributed by atoms with Crippen LogP contribution in [0.1, 0.15) is 55.5 Å². The predicted molar refractivity (Wildman–Crippen MR) is 197 cm³/mol. The zero-order valence-electron chi connectivity index (χ0n) is 28.3. The summed E-state index contributed by atoms with van der Waals surface area (Å²) < 4.78 is 17.1. The highest BCUT2D eigenvalue weighted by Gasteiger charge is 2.22. The number of nitrogens with zero attached hydrogens (tertiary/aromatic N) is 2. The Kier molecular flexibility index (Phi) is 11.6. The van der Waals surface area contributed by atoms with E-state index in [0.29, 0.717) is 19.1 Å². The molecular formula is C40H47N3O4S. The van der Waals surface area contributed by atoms with Crippen LogP contribution in [0.2, 0.25) is 0 Å². The first-order chi connectivity index (χ1) is 23.4. The van der Waals surface area contributed by atoms with Crippen molar-refractivity contribution in [3.8, 4) is 16.9 Å². The maximum absolute atomic E-state index is 13.7. The van der Waals surface area contributed by atoms with E-state index in [-0.39, 0.29) is 12.2 Å². The molecule has 1 fully saturated rings. The van der Waals surface area contributed by atoms with E-state index >= 15 is 0 Å². The van der Waals surface area contributed by atoms with Gasteiger partial charge in [0.05, 0.1) is 13.2 Å². The van der Waals surface area contributed by atoms with E-state index in [4.69, 9.17) is 14.2 Å². The van der Waals surface area contributed by atoms with Crippen molar-refractivity contribution in [3.05, 3.63) is 106 Å². The average molecular weight is 666 g/mol. The second kappa shape index (κ2) is 16.4. The fourth-order valence-corrected chi connectivity index (χ4v) is 7.11. The Labute approximate surface area is 289 Å². The van der Waals surface area contributed by atoms with Crippen LogP contribution in [-0.4, -0.2) is 56.6 Å². The van der Waals surface area contributed by atoms with E-state index in [9.17, 15) is 4.79 Å². The first kappa shape index (κ1) is 33.9. The summed E-state index contributed by atoms with van der Waals surface area (Å²) in [6, 6.07) is 27.8. The predicted octanol–water partition coefficient (Wildman–Crippen LogP) is 8.61. The molecular weight excluding hydrogens is 619 g/mol. The Morgan fingerprint density at radius 2 is 1.81 bits per heavy atom. The highest BCUT2D eigenvalue weighted by molar-refractivity contribution is 7.09. The van der Waals surface area contributed by atoms with Crippen molar-refractivity contribution in [2.75, 3.05) is 43.6 Å². The Hall–Kier alpha value is -3.95. The summed E-state index contributed by atoms with van der Waals surface area (Å²) in [6.45, 7) is 8.79. The third kappa shape index (κ3) is 8.94. The molecule has 0 aliphatic carbocycles. The molecule has 48 heavy (non-hydrogen) atoms. The van der Waals surface area contributed by atoms with E-state index in [1.807, 2.05) is 31.2 Å². The summed E-state index contributed by atoms with van der Waals surface area (Å²) >= 11 is 1.76. The Balaban J connectivity index is 1.18. The van der Waals surface area contributed by atoms with Gasteiger partial charge in [-0.2, -0.15) is 0 Å². The van der Waals surface area contributed by atoms with Gasteiger partial charge >= 0.3 is 0 Å². The van der Waals surface area contributed by atoms with Gasteiger partial charge in [-0.1, -0.05) is 43.3 Å². The molecule has 2 aliphatic heterocycles. The number of anilines is 2. The number of carbonyl (C=O) groups is 1. The van der Waals surface area contributed by atoms with E-state index < -0.39 is 0 Å². The topological polar surface area (TPSA) is 63.3 Å². The molecule has 8 heteroatoms. The van der Waals surface area contributed by atoms with E-state index in [0.717, 1.165) is 91.5 Å². The Morgan fingerprint density at radius 3 is 2.54 bits per heavy atom. The molecule has 1 unspecified atom stereocenters. The van der Waals surface area contributed by atoms with Crippen LogP contribution in [0.25, 0.3) is 17.2 Å². The standard InChI is InChI=1S/C40H47N3O4S/c1-4-21-46-29(2)47-37-14-9-31(10-15-37)32-11-16-39-34(25-32)26-33(17-20-43(39)28-38-6-5-24-48-38)40(44)41-35-12-7-30(8-13-35)27-42(3)36-18-22-45-23-19-36/h5-16,24-26,29,36H,4,17-23,27-28H2,1-3H3,(H,41,44). The van der Waals surface area contributed by atoms with Crippen molar-refractivity contribution in [3.63, 3.8) is 0 Å². The zero-order valence-corrected chi connectivity index (χ0v) is 29.1. The minimum Gasteiger partial charge on any atom is -0.465 e. The van der Waals surface area contributed by atoms with Crippen molar-refractivity contribution >= 4 is 34.7 Å². The van der Waals surface area contributed by atoms with Gasteiger partial charge in [-0.3, -0.25) is 9.69 Å². The number of hydrogen-bond acceptors (Lipinski definition) is 7. The molecule has 2 aliphatic rings. The lowest BCUT2D eigenvalue weighted by Gasteiger charge is -2.31. The fraction of sp³-hybridized carbons (Fsp3) is 0.375. The number of hydrogen-bond donors (Lipinski definition) is 1. The quantitative estimate of drug-likeness (QED) is 0.144. The zero-order chi connectivity index (χ0) is 33.3. The van der Waals surface area contributed by atoms with Gasteiger partial charge in [-0.15, -0.1) is 11.3 Å². The Bertz CT molecular complexity index is 1650. The molecule has 1 saturated heterocycles. The fourth-order valence-electron chi connectivity index (χ4n) is 6.39. The van der Waals surface area contributed by atoms with Gasteiger partial charge in [0.1, 0.15) is 5.75 Å². The SMILES string of the molecule is CCCOC(C)Oc1ccc(-c2ccc3c(c2)C=C(C(=O)Nc2ccc(CN(C)C4CCOCC4)cc2)CCN3Cc2cccs2)cc1. The molecule has 6 rings (SSSR count). The molecule has 0 radical (unpaired) electrons. The molecule has 1 amide bonds. The second-order valence-electron chi connectivity index (χ2n) is 12.7. The van der Waals surface area contributed by atoms with Crippen LogP contribution >= 0.6 is 11.3 Å². The first-order valence-corrected chi connectivity index (χ1v) is 18.0. The van der Waals surface area contributed by atoms with E-state index in [1.165, 1.54) is 10.4 Å². The number of thiophene rings is 1. The monoisotopic (exact) mass is 665 g/mol. The van der Waals surface area contributed by atoms with Crippen molar-refractivity contribution in [2.24, 2.45) is 0 Å². The molecule has 1 atom stereocenters. The highest BCUT2D eigenvalue weighted by atomic mass is 32.1. The third-order valence-corrected chi connectivity index (χ3v) is 9.93. The normalized spacial score (nSPS) is 15.8. The lowest BCUT2D eigenvalue weighted by atomic mass is 10.00. The van der Waals surface area contributed by atoms with Crippen LogP contribution in [0.3, 0.4) is 0 Å². The minimum atomic E-state index is -0.297. The number of rotatable bonds is 13. The molecule has 1 aromatic heterocycles. The number of fused-ring (bicyclic) bond motifs is 1. The summed E-state index contributed by atoms with van der Waals surface area (Å²) in [4.78, 5) is 19.8. The number of nitrogens with one attached hydrogen (secondary N) is 1. The van der Waals surface area contributed by atoms with Crippen LogP contribution in [0.4, 0.5) is 11.4 Å². The smallest absolute Gasteiger partial charge is 0.251 e. The maximum atomic E-state index is 13.7. The van der Waals surface area contributed by atoms with Crippen molar-refractivity contribution in [2.45, 2.75) is 65.0 Å². The van der Waals surface area contributed by atoms with Gasteiger partial charge in [-0.05, 0) is 116 Å². The average Bonchev–Trinajstić information content (AvgIpc) is 3.56.